The minimum Gasteiger partial charge on any atom is -0.480 e. The molecular formula is C18H32N6O9. The van der Waals surface area contributed by atoms with Crippen molar-refractivity contribution in [3.05, 3.63) is 0 Å². The van der Waals surface area contributed by atoms with Gasteiger partial charge in [0, 0.05) is 12.8 Å². The van der Waals surface area contributed by atoms with E-state index in [1.165, 1.54) is 6.92 Å². The fourth-order valence-corrected chi connectivity index (χ4v) is 2.55. The Labute approximate surface area is 189 Å². The largest absolute Gasteiger partial charge is 0.480 e. The number of aliphatic carboxylic acids is 1. The first-order valence-electron chi connectivity index (χ1n) is 9.99. The highest BCUT2D eigenvalue weighted by atomic mass is 16.4. The Morgan fingerprint density at radius 1 is 0.727 bits per heavy atom. The Hall–Kier alpha value is -3.30. The number of amides is 5. The number of nitrogens with one attached hydrogen (secondary N) is 3. The normalized spacial score (nSPS) is 16.3. The van der Waals surface area contributed by atoms with Crippen LogP contribution >= 0.6 is 0 Å². The van der Waals surface area contributed by atoms with E-state index in [9.17, 15) is 39.0 Å². The molecule has 0 aliphatic rings. The van der Waals surface area contributed by atoms with Crippen molar-refractivity contribution in [1.29, 1.82) is 0 Å². The van der Waals surface area contributed by atoms with Crippen molar-refractivity contribution >= 4 is 35.5 Å². The Morgan fingerprint density at radius 2 is 1.18 bits per heavy atom. The van der Waals surface area contributed by atoms with Crippen LogP contribution in [0.5, 0.6) is 0 Å². The SMILES string of the molecule is CC(O)C(NC(=O)C(CCC(N)=O)NC(=O)C(NC(=O)C(N)CCC(N)=O)C(C)O)C(=O)O. The number of rotatable bonds is 15. The van der Waals surface area contributed by atoms with Gasteiger partial charge < -0.3 is 48.5 Å². The van der Waals surface area contributed by atoms with Gasteiger partial charge in [0.05, 0.1) is 18.2 Å². The van der Waals surface area contributed by atoms with Crippen molar-refractivity contribution in [3.8, 4) is 0 Å². The zero-order valence-electron chi connectivity index (χ0n) is 18.3. The van der Waals surface area contributed by atoms with Crippen LogP contribution in [-0.2, 0) is 28.8 Å². The molecule has 0 aromatic carbocycles. The van der Waals surface area contributed by atoms with Crippen LogP contribution in [0.4, 0.5) is 0 Å². The summed E-state index contributed by atoms with van der Waals surface area (Å²) in [5.41, 5.74) is 15.7. The minimum atomic E-state index is -1.71. The number of nitrogens with two attached hydrogens (primary N) is 3. The molecule has 5 amide bonds. The summed E-state index contributed by atoms with van der Waals surface area (Å²) >= 11 is 0. The minimum absolute atomic E-state index is 0.116. The molecule has 0 saturated heterocycles. The molecule has 6 atom stereocenters. The van der Waals surface area contributed by atoms with E-state index in [0.29, 0.717) is 0 Å². The monoisotopic (exact) mass is 476 g/mol. The maximum atomic E-state index is 12.7. The van der Waals surface area contributed by atoms with Crippen LogP contribution in [0.1, 0.15) is 39.5 Å². The topological polar surface area (TPSA) is 277 Å². The summed E-state index contributed by atoms with van der Waals surface area (Å²) in [5.74, 6) is -6.02. The van der Waals surface area contributed by atoms with Gasteiger partial charge in [-0.2, -0.15) is 0 Å². The van der Waals surface area contributed by atoms with Gasteiger partial charge >= 0.3 is 5.97 Å². The van der Waals surface area contributed by atoms with Gasteiger partial charge in [-0.3, -0.25) is 24.0 Å². The van der Waals surface area contributed by atoms with Gasteiger partial charge in [-0.15, -0.1) is 0 Å². The maximum absolute atomic E-state index is 12.7. The molecule has 0 radical (unpaired) electrons. The van der Waals surface area contributed by atoms with Crippen LogP contribution in [0.2, 0.25) is 0 Å². The second kappa shape index (κ2) is 14.0. The number of aliphatic hydroxyl groups excluding tert-OH is 2. The molecule has 0 aliphatic carbocycles. The second-order valence-corrected chi connectivity index (χ2v) is 7.47. The van der Waals surface area contributed by atoms with Crippen LogP contribution < -0.4 is 33.2 Å². The number of hydrogen-bond acceptors (Lipinski definition) is 9. The lowest BCUT2D eigenvalue weighted by molar-refractivity contribution is -0.145. The Morgan fingerprint density at radius 3 is 1.61 bits per heavy atom. The van der Waals surface area contributed by atoms with Crippen molar-refractivity contribution in [1.82, 2.24) is 16.0 Å². The highest BCUT2D eigenvalue weighted by molar-refractivity contribution is 5.94. The van der Waals surface area contributed by atoms with E-state index in [4.69, 9.17) is 22.3 Å². The first kappa shape index (κ1) is 29.7. The van der Waals surface area contributed by atoms with E-state index in [-0.39, 0.29) is 25.7 Å². The maximum Gasteiger partial charge on any atom is 0.328 e. The average molecular weight is 476 g/mol. The molecule has 0 aliphatic heterocycles. The number of aliphatic hydroxyl groups is 2. The molecule has 0 fully saturated rings. The summed E-state index contributed by atoms with van der Waals surface area (Å²) in [6, 6.07) is -6.01. The molecule has 0 heterocycles. The lowest BCUT2D eigenvalue weighted by Gasteiger charge is -2.26. The van der Waals surface area contributed by atoms with Crippen molar-refractivity contribution in [3.63, 3.8) is 0 Å². The molecule has 15 nitrogen and oxygen atoms in total. The van der Waals surface area contributed by atoms with Gasteiger partial charge in [-0.25, -0.2) is 4.79 Å². The van der Waals surface area contributed by atoms with Crippen molar-refractivity contribution < 1.29 is 44.1 Å². The van der Waals surface area contributed by atoms with E-state index in [1.54, 1.807) is 0 Å². The third-order valence-corrected chi connectivity index (χ3v) is 4.46. The third kappa shape index (κ3) is 11.2. The molecule has 188 valence electrons. The molecule has 0 bridgehead atoms. The lowest BCUT2D eigenvalue weighted by atomic mass is 10.1. The molecule has 0 aromatic heterocycles. The van der Waals surface area contributed by atoms with Crippen LogP contribution in [0, 0.1) is 0 Å². The lowest BCUT2D eigenvalue weighted by Crippen LogP contribution is -2.60. The number of carbonyl (C=O) groups excluding carboxylic acids is 5. The highest BCUT2D eigenvalue weighted by Gasteiger charge is 2.33. The van der Waals surface area contributed by atoms with Crippen molar-refractivity contribution in [2.24, 2.45) is 17.2 Å². The Balaban J connectivity index is 5.46. The highest BCUT2D eigenvalue weighted by Crippen LogP contribution is 2.04. The number of carboxylic acid groups (broad SMARTS) is 1. The van der Waals surface area contributed by atoms with Crippen LogP contribution in [-0.4, -0.2) is 87.2 Å². The summed E-state index contributed by atoms with van der Waals surface area (Å²) in [5, 5.41) is 35.0. The zero-order chi connectivity index (χ0) is 25.9. The first-order valence-corrected chi connectivity index (χ1v) is 9.99. The van der Waals surface area contributed by atoms with E-state index in [2.05, 4.69) is 10.6 Å². The average Bonchev–Trinajstić information content (AvgIpc) is 2.69. The molecule has 0 saturated carbocycles. The quantitative estimate of drug-likeness (QED) is 0.109. The predicted octanol–water partition coefficient (Wildman–Crippen LogP) is -4.85. The Bertz CT molecular complexity index is 743. The van der Waals surface area contributed by atoms with Crippen molar-refractivity contribution in [2.75, 3.05) is 0 Å². The molecule has 33 heavy (non-hydrogen) atoms. The second-order valence-electron chi connectivity index (χ2n) is 7.47. The number of carboxylic acids is 1. The van der Waals surface area contributed by atoms with Gasteiger partial charge in [-0.1, -0.05) is 0 Å². The van der Waals surface area contributed by atoms with Gasteiger partial charge in [0.2, 0.25) is 29.5 Å². The summed E-state index contributed by atoms with van der Waals surface area (Å²) in [4.78, 5) is 70.5. The molecular weight excluding hydrogens is 444 g/mol. The van der Waals surface area contributed by atoms with E-state index in [0.717, 1.165) is 6.92 Å². The molecule has 12 N–H and O–H groups in total. The predicted molar refractivity (Wildman–Crippen MR) is 112 cm³/mol. The van der Waals surface area contributed by atoms with E-state index < -0.39 is 71.9 Å². The molecule has 0 spiro atoms. The molecule has 15 heteroatoms. The van der Waals surface area contributed by atoms with Crippen molar-refractivity contribution in [2.45, 2.75) is 75.9 Å². The fourth-order valence-electron chi connectivity index (χ4n) is 2.55. The van der Waals surface area contributed by atoms with Crippen LogP contribution in [0.15, 0.2) is 0 Å². The van der Waals surface area contributed by atoms with Crippen LogP contribution in [0.3, 0.4) is 0 Å². The van der Waals surface area contributed by atoms with E-state index in [1.807, 2.05) is 5.32 Å². The molecule has 0 rings (SSSR count). The molecule has 6 unspecified atom stereocenters. The van der Waals surface area contributed by atoms with Gasteiger partial charge in [0.25, 0.3) is 0 Å². The summed E-state index contributed by atoms with van der Waals surface area (Å²) in [7, 11) is 0. The standard InChI is InChI=1S/C18H32N6O9/c1-7(25)13(23-15(29)9(19)3-5-11(20)27)17(31)22-10(4-6-12(21)28)16(30)24-14(8(2)26)18(32)33/h7-10,13-14,25-26H,3-6,19H2,1-2H3,(H2,20,27)(H2,21,28)(H,22,31)(H,23,29)(H,24,30)(H,32,33). The van der Waals surface area contributed by atoms with E-state index >= 15 is 0 Å². The number of primary amides is 2. The fraction of sp³-hybridized carbons (Fsp3) is 0.667. The van der Waals surface area contributed by atoms with Gasteiger partial charge in [0.1, 0.15) is 12.1 Å². The summed E-state index contributed by atoms with van der Waals surface area (Å²) in [6.45, 7) is 2.29. The van der Waals surface area contributed by atoms with Gasteiger partial charge in [-0.05, 0) is 26.7 Å². The first-order chi connectivity index (χ1) is 15.2. The third-order valence-electron chi connectivity index (χ3n) is 4.46. The molecule has 0 aromatic rings. The number of hydrogen-bond donors (Lipinski definition) is 9. The summed E-state index contributed by atoms with van der Waals surface area (Å²) in [6.07, 6.45) is -3.95. The summed E-state index contributed by atoms with van der Waals surface area (Å²) < 4.78 is 0. The smallest absolute Gasteiger partial charge is 0.328 e. The van der Waals surface area contributed by atoms with Crippen LogP contribution in [0.25, 0.3) is 0 Å². The Kier molecular flexibility index (Phi) is 12.6. The van der Waals surface area contributed by atoms with Gasteiger partial charge in [0.15, 0.2) is 6.04 Å². The number of carbonyl (C=O) groups is 6. The zero-order valence-corrected chi connectivity index (χ0v) is 18.3.